The Labute approximate surface area is 215 Å². The van der Waals surface area contributed by atoms with E-state index < -0.39 is 5.67 Å². The number of hydrogen-bond donors (Lipinski definition) is 0. The van der Waals surface area contributed by atoms with Gasteiger partial charge in [-0.1, -0.05) is 119 Å². The van der Waals surface area contributed by atoms with Crippen LogP contribution < -0.4 is 0 Å². The molecule has 0 aliphatic carbocycles. The fourth-order valence-electron chi connectivity index (χ4n) is 3.46. The molecule has 0 aliphatic heterocycles. The van der Waals surface area contributed by atoms with Crippen LogP contribution in [-0.4, -0.2) is 5.67 Å². The zero-order valence-electron chi connectivity index (χ0n) is 23.5. The molecule has 0 saturated heterocycles. The molecule has 0 bridgehead atoms. The van der Waals surface area contributed by atoms with Crippen LogP contribution in [-0.2, 0) is 0 Å². The highest BCUT2D eigenvalue weighted by Gasteiger charge is 2.21. The van der Waals surface area contributed by atoms with E-state index in [4.69, 9.17) is 0 Å². The van der Waals surface area contributed by atoms with Crippen molar-refractivity contribution in [3.63, 3.8) is 0 Å². The second-order valence-electron chi connectivity index (χ2n) is 8.98. The Balaban J connectivity index is 0.000000707. The molecule has 0 radical (unpaired) electrons. The molecular weight excluding hydrogens is 427 g/mol. The molecular formula is C34H47F. The van der Waals surface area contributed by atoms with Gasteiger partial charge in [-0.15, -0.1) is 0 Å². The normalized spacial score (nSPS) is 11.9. The van der Waals surface area contributed by atoms with Crippen molar-refractivity contribution < 1.29 is 4.39 Å². The van der Waals surface area contributed by atoms with Crippen molar-refractivity contribution in [2.24, 2.45) is 0 Å². The molecule has 0 N–H and O–H groups in total. The number of fused-ring (bicyclic) bond motifs is 1. The molecule has 0 aromatic heterocycles. The number of halogens is 1. The van der Waals surface area contributed by atoms with E-state index in [2.05, 4.69) is 82.1 Å². The highest BCUT2D eigenvalue weighted by molar-refractivity contribution is 5.87. The Morgan fingerprint density at radius 3 is 2.09 bits per heavy atom. The second-order valence-corrected chi connectivity index (χ2v) is 8.98. The summed E-state index contributed by atoms with van der Waals surface area (Å²) in [5.74, 6) is 0. The van der Waals surface area contributed by atoms with E-state index in [1.165, 1.54) is 54.2 Å². The Bertz CT molecular complexity index is 1050. The Morgan fingerprint density at radius 2 is 1.57 bits per heavy atom. The summed E-state index contributed by atoms with van der Waals surface area (Å²) >= 11 is 0. The van der Waals surface area contributed by atoms with Gasteiger partial charge in [-0.05, 0) is 86.6 Å². The lowest BCUT2D eigenvalue weighted by Gasteiger charge is -2.18. The molecule has 0 amide bonds. The summed E-state index contributed by atoms with van der Waals surface area (Å²) < 4.78 is 13.5. The summed E-state index contributed by atoms with van der Waals surface area (Å²) in [6, 6.07) is 14.9. The van der Waals surface area contributed by atoms with Crippen molar-refractivity contribution in [2.75, 3.05) is 0 Å². The van der Waals surface area contributed by atoms with Gasteiger partial charge in [0.05, 0.1) is 0 Å². The summed E-state index contributed by atoms with van der Waals surface area (Å²) in [4.78, 5) is 0. The third-order valence-electron chi connectivity index (χ3n) is 5.46. The number of hydrogen-bond acceptors (Lipinski definition) is 0. The molecule has 35 heavy (non-hydrogen) atoms. The number of alkyl halides is 1. The van der Waals surface area contributed by atoms with Crippen LogP contribution in [0.3, 0.4) is 0 Å². The van der Waals surface area contributed by atoms with E-state index in [-0.39, 0.29) is 0 Å². The van der Waals surface area contributed by atoms with Crippen LogP contribution in [0.1, 0.15) is 80.2 Å². The number of rotatable bonds is 9. The molecule has 2 aromatic rings. The predicted molar refractivity (Wildman–Crippen MR) is 160 cm³/mol. The van der Waals surface area contributed by atoms with Crippen molar-refractivity contribution in [1.82, 2.24) is 0 Å². The van der Waals surface area contributed by atoms with E-state index in [0.717, 1.165) is 17.6 Å². The summed E-state index contributed by atoms with van der Waals surface area (Å²) in [6.45, 7) is 27.3. The van der Waals surface area contributed by atoms with Crippen molar-refractivity contribution >= 4 is 16.3 Å². The van der Waals surface area contributed by atoms with Crippen LogP contribution in [0, 0.1) is 0 Å². The molecule has 2 aromatic carbocycles. The standard InChI is InChI=1S/C21H24.C11H17F.C2H6/c1-5-6-9-16(2)17(3)14-18(4)20-13-12-19-10-7-8-11-21(19)15-20;1-6-7-8-10(9(2)3)11(4,5)12;1-2/h7-8,10-15H,2,4-6,9H2,1,3H3;6-8H,2H2,1,3-5H3;1-2H3/b17-14+;7-6-,10-8+;. The van der Waals surface area contributed by atoms with Gasteiger partial charge >= 0.3 is 0 Å². The van der Waals surface area contributed by atoms with Gasteiger partial charge in [0.25, 0.3) is 0 Å². The maximum Gasteiger partial charge on any atom is 0.130 e. The molecule has 190 valence electrons. The zero-order chi connectivity index (χ0) is 27.0. The fourth-order valence-corrected chi connectivity index (χ4v) is 3.46. The number of unbranched alkanes of at least 4 members (excludes halogenated alkanes) is 1. The van der Waals surface area contributed by atoms with Crippen LogP contribution >= 0.6 is 0 Å². The Morgan fingerprint density at radius 1 is 0.971 bits per heavy atom. The highest BCUT2D eigenvalue weighted by Crippen LogP contribution is 2.26. The maximum atomic E-state index is 13.5. The molecule has 0 aliphatic rings. The first-order valence-electron chi connectivity index (χ1n) is 12.7. The van der Waals surface area contributed by atoms with Gasteiger partial charge < -0.3 is 0 Å². The summed E-state index contributed by atoms with van der Waals surface area (Å²) in [5.41, 5.74) is 4.82. The van der Waals surface area contributed by atoms with Gasteiger partial charge in [-0.25, -0.2) is 4.39 Å². The van der Waals surface area contributed by atoms with Crippen LogP contribution in [0.2, 0.25) is 0 Å². The minimum atomic E-state index is -1.30. The first kappa shape index (κ1) is 32.1. The Kier molecular flexibility index (Phi) is 15.3. The van der Waals surface area contributed by atoms with E-state index in [0.29, 0.717) is 5.57 Å². The smallest absolute Gasteiger partial charge is 0.130 e. The van der Waals surface area contributed by atoms with Gasteiger partial charge in [-0.3, -0.25) is 0 Å². The predicted octanol–water partition coefficient (Wildman–Crippen LogP) is 11.4. The fraction of sp³-hybridized carbons (Fsp3) is 0.353. The lowest BCUT2D eigenvalue weighted by Crippen LogP contribution is -2.16. The highest BCUT2D eigenvalue weighted by atomic mass is 19.1. The number of benzene rings is 2. The van der Waals surface area contributed by atoms with Crippen molar-refractivity contribution in [3.05, 3.63) is 114 Å². The van der Waals surface area contributed by atoms with Crippen molar-refractivity contribution in [3.8, 4) is 0 Å². The molecule has 0 unspecified atom stereocenters. The summed E-state index contributed by atoms with van der Waals surface area (Å²) in [5, 5.41) is 2.52. The zero-order valence-corrected chi connectivity index (χ0v) is 23.5. The molecule has 0 nitrogen and oxygen atoms in total. The van der Waals surface area contributed by atoms with Crippen LogP contribution in [0.15, 0.2) is 109 Å². The van der Waals surface area contributed by atoms with Crippen molar-refractivity contribution in [1.29, 1.82) is 0 Å². The maximum absolute atomic E-state index is 13.5. The largest absolute Gasteiger partial charge is 0.239 e. The van der Waals surface area contributed by atoms with Gasteiger partial charge in [0.2, 0.25) is 0 Å². The third kappa shape index (κ3) is 11.9. The molecule has 1 heteroatoms. The second kappa shape index (κ2) is 16.7. The first-order chi connectivity index (χ1) is 16.5. The van der Waals surface area contributed by atoms with E-state index in [1.807, 2.05) is 39.8 Å². The Hall–Kier alpha value is -2.93. The SMILES string of the molecule is C=C(C)/C(=C\C=C/C)C(C)(C)F.C=C(CCCC)/C(C)=C/C(=C)c1ccc2ccccc2c1.CC. The lowest BCUT2D eigenvalue weighted by atomic mass is 9.94. The molecule has 2 rings (SSSR count). The van der Waals surface area contributed by atoms with Crippen LogP contribution in [0.25, 0.3) is 16.3 Å². The minimum absolute atomic E-state index is 0.653. The van der Waals surface area contributed by atoms with Gasteiger partial charge in [-0.2, -0.15) is 0 Å². The molecule has 0 heterocycles. The summed E-state index contributed by atoms with van der Waals surface area (Å²) in [6.07, 6.45) is 11.1. The average Bonchev–Trinajstić information content (AvgIpc) is 2.83. The topological polar surface area (TPSA) is 0 Å². The first-order valence-corrected chi connectivity index (χ1v) is 12.7. The lowest BCUT2D eigenvalue weighted by molar-refractivity contribution is 0.272. The molecule has 0 fully saturated rings. The summed E-state index contributed by atoms with van der Waals surface area (Å²) in [7, 11) is 0. The van der Waals surface area contributed by atoms with Gasteiger partial charge in [0.15, 0.2) is 0 Å². The minimum Gasteiger partial charge on any atom is -0.239 e. The number of allylic oxidation sites excluding steroid dienone is 9. The molecule has 0 spiro atoms. The average molecular weight is 475 g/mol. The third-order valence-corrected chi connectivity index (χ3v) is 5.46. The monoisotopic (exact) mass is 474 g/mol. The van der Waals surface area contributed by atoms with Gasteiger partial charge in [0, 0.05) is 0 Å². The van der Waals surface area contributed by atoms with Crippen LogP contribution in [0.4, 0.5) is 4.39 Å². The van der Waals surface area contributed by atoms with Gasteiger partial charge in [0.1, 0.15) is 5.67 Å². The van der Waals surface area contributed by atoms with Crippen molar-refractivity contribution in [2.45, 2.75) is 80.3 Å². The quantitative estimate of drug-likeness (QED) is 0.317. The van der Waals surface area contributed by atoms with E-state index in [9.17, 15) is 4.39 Å². The van der Waals surface area contributed by atoms with Crippen LogP contribution in [0.5, 0.6) is 0 Å². The van der Waals surface area contributed by atoms with E-state index in [1.54, 1.807) is 6.08 Å². The molecule has 0 saturated carbocycles. The van der Waals surface area contributed by atoms with E-state index >= 15 is 0 Å². The molecule has 0 atom stereocenters.